The van der Waals surface area contributed by atoms with E-state index in [0.717, 1.165) is 24.6 Å². The van der Waals surface area contributed by atoms with E-state index in [1.807, 2.05) is 7.05 Å². The van der Waals surface area contributed by atoms with Crippen molar-refractivity contribution in [2.75, 3.05) is 18.5 Å². The summed E-state index contributed by atoms with van der Waals surface area (Å²) in [6.45, 7) is 8.09. The van der Waals surface area contributed by atoms with Crippen LogP contribution in [0.25, 0.3) is 0 Å². The summed E-state index contributed by atoms with van der Waals surface area (Å²) >= 11 is 0. The molecule has 0 fully saturated rings. The molecule has 84 valence electrons. The molecule has 1 aromatic heterocycles. The van der Waals surface area contributed by atoms with E-state index in [1.54, 1.807) is 12.4 Å². The molecule has 1 N–H and O–H groups in total. The van der Waals surface area contributed by atoms with Crippen LogP contribution < -0.4 is 10.2 Å². The normalized spacial score (nSPS) is 10.7. The van der Waals surface area contributed by atoms with E-state index in [2.05, 4.69) is 41.0 Å². The second-order valence-electron chi connectivity index (χ2n) is 3.85. The second-order valence-corrected chi connectivity index (χ2v) is 3.85. The molecular weight excluding hydrogens is 188 g/mol. The first kappa shape index (κ1) is 11.9. The van der Waals surface area contributed by atoms with Crippen LogP contribution >= 0.6 is 0 Å². The van der Waals surface area contributed by atoms with Crippen molar-refractivity contribution in [2.45, 2.75) is 33.4 Å². The highest BCUT2D eigenvalue weighted by Crippen LogP contribution is 2.10. The Kier molecular flexibility index (Phi) is 4.49. The van der Waals surface area contributed by atoms with Crippen molar-refractivity contribution in [1.29, 1.82) is 0 Å². The van der Waals surface area contributed by atoms with Gasteiger partial charge in [0.25, 0.3) is 0 Å². The largest absolute Gasteiger partial charge is 0.356 e. The van der Waals surface area contributed by atoms with Gasteiger partial charge < -0.3 is 10.2 Å². The number of nitrogens with zero attached hydrogens (tertiary/aromatic N) is 3. The van der Waals surface area contributed by atoms with E-state index in [9.17, 15) is 0 Å². The number of aromatic nitrogens is 2. The molecule has 0 saturated heterocycles. The Hall–Kier alpha value is -1.16. The third-order valence-corrected chi connectivity index (χ3v) is 2.36. The van der Waals surface area contributed by atoms with Gasteiger partial charge in [-0.25, -0.2) is 4.98 Å². The van der Waals surface area contributed by atoms with Crippen LogP contribution in [0.2, 0.25) is 0 Å². The molecule has 0 spiro atoms. The molecule has 0 radical (unpaired) electrons. The summed E-state index contributed by atoms with van der Waals surface area (Å²) in [5.74, 6) is 0.931. The maximum absolute atomic E-state index is 4.53. The zero-order valence-corrected chi connectivity index (χ0v) is 9.99. The Labute approximate surface area is 91.7 Å². The highest BCUT2D eigenvalue weighted by atomic mass is 15.2. The van der Waals surface area contributed by atoms with E-state index >= 15 is 0 Å². The SMILES string of the molecule is CCNCc1cncc(N(C)C(C)C)n1. The summed E-state index contributed by atoms with van der Waals surface area (Å²) in [5, 5.41) is 3.24. The average Bonchev–Trinajstić information content (AvgIpc) is 2.25. The number of anilines is 1. The lowest BCUT2D eigenvalue weighted by Crippen LogP contribution is -2.27. The Morgan fingerprint density at radius 3 is 2.73 bits per heavy atom. The molecular formula is C11H20N4. The summed E-state index contributed by atoms with van der Waals surface area (Å²) in [6.07, 6.45) is 3.61. The molecule has 15 heavy (non-hydrogen) atoms. The highest BCUT2D eigenvalue weighted by molar-refractivity contribution is 5.35. The Bertz CT molecular complexity index is 298. The Morgan fingerprint density at radius 2 is 2.13 bits per heavy atom. The van der Waals surface area contributed by atoms with Crippen molar-refractivity contribution in [3.63, 3.8) is 0 Å². The lowest BCUT2D eigenvalue weighted by Gasteiger charge is -2.22. The summed E-state index contributed by atoms with van der Waals surface area (Å²) in [5.41, 5.74) is 0.988. The number of rotatable bonds is 5. The first-order chi connectivity index (χ1) is 7.15. The standard InChI is InChI=1S/C11H20N4/c1-5-12-6-10-7-13-8-11(14-10)15(4)9(2)3/h7-9,12H,5-6H2,1-4H3. The van der Waals surface area contributed by atoms with Gasteiger partial charge in [-0.2, -0.15) is 0 Å². The molecule has 4 nitrogen and oxygen atoms in total. The van der Waals surface area contributed by atoms with Crippen LogP contribution in [0.5, 0.6) is 0 Å². The predicted molar refractivity (Wildman–Crippen MR) is 63.0 cm³/mol. The third-order valence-electron chi connectivity index (χ3n) is 2.36. The fraction of sp³-hybridized carbons (Fsp3) is 0.636. The van der Waals surface area contributed by atoms with Crippen LogP contribution in [0, 0.1) is 0 Å². The zero-order valence-electron chi connectivity index (χ0n) is 9.99. The van der Waals surface area contributed by atoms with E-state index in [1.165, 1.54) is 0 Å². The summed E-state index contributed by atoms with van der Waals surface area (Å²) < 4.78 is 0. The van der Waals surface area contributed by atoms with Crippen LogP contribution in [0.15, 0.2) is 12.4 Å². The second kappa shape index (κ2) is 5.66. The minimum Gasteiger partial charge on any atom is -0.356 e. The fourth-order valence-corrected chi connectivity index (χ4v) is 1.17. The molecule has 0 aliphatic rings. The van der Waals surface area contributed by atoms with E-state index < -0.39 is 0 Å². The molecule has 0 bridgehead atoms. The Morgan fingerprint density at radius 1 is 1.40 bits per heavy atom. The Balaban J connectivity index is 2.73. The van der Waals surface area contributed by atoms with Gasteiger partial charge in [-0.05, 0) is 20.4 Å². The van der Waals surface area contributed by atoms with Crippen LogP contribution in [0.3, 0.4) is 0 Å². The molecule has 0 unspecified atom stereocenters. The van der Waals surface area contributed by atoms with Gasteiger partial charge in [-0.15, -0.1) is 0 Å². The molecule has 0 aliphatic heterocycles. The lowest BCUT2D eigenvalue weighted by atomic mass is 10.3. The average molecular weight is 208 g/mol. The molecule has 0 amide bonds. The lowest BCUT2D eigenvalue weighted by molar-refractivity contribution is 0.695. The van der Waals surface area contributed by atoms with Crippen molar-refractivity contribution < 1.29 is 0 Å². The predicted octanol–water partition coefficient (Wildman–Crippen LogP) is 1.43. The maximum atomic E-state index is 4.53. The van der Waals surface area contributed by atoms with E-state index in [0.29, 0.717) is 6.04 Å². The first-order valence-electron chi connectivity index (χ1n) is 5.39. The van der Waals surface area contributed by atoms with Gasteiger partial charge >= 0.3 is 0 Å². The van der Waals surface area contributed by atoms with Crippen molar-refractivity contribution in [2.24, 2.45) is 0 Å². The van der Waals surface area contributed by atoms with Crippen molar-refractivity contribution >= 4 is 5.82 Å². The van der Waals surface area contributed by atoms with Gasteiger partial charge in [0, 0.05) is 25.8 Å². The van der Waals surface area contributed by atoms with Crippen LogP contribution in [-0.2, 0) is 6.54 Å². The van der Waals surface area contributed by atoms with Gasteiger partial charge in [0.05, 0.1) is 11.9 Å². The van der Waals surface area contributed by atoms with E-state index in [4.69, 9.17) is 0 Å². The molecule has 1 aromatic rings. The summed E-state index contributed by atoms with van der Waals surface area (Å²) in [7, 11) is 2.03. The minimum atomic E-state index is 0.439. The van der Waals surface area contributed by atoms with E-state index in [-0.39, 0.29) is 0 Å². The molecule has 0 saturated carbocycles. The van der Waals surface area contributed by atoms with Gasteiger partial charge in [0.2, 0.25) is 0 Å². The smallest absolute Gasteiger partial charge is 0.147 e. The molecule has 0 atom stereocenters. The number of nitrogens with one attached hydrogen (secondary N) is 1. The van der Waals surface area contributed by atoms with Gasteiger partial charge in [0.1, 0.15) is 5.82 Å². The van der Waals surface area contributed by atoms with Crippen molar-refractivity contribution in [3.8, 4) is 0 Å². The van der Waals surface area contributed by atoms with Crippen LogP contribution in [0.4, 0.5) is 5.82 Å². The van der Waals surface area contributed by atoms with Gasteiger partial charge in [0.15, 0.2) is 0 Å². The first-order valence-corrected chi connectivity index (χ1v) is 5.39. The molecule has 1 rings (SSSR count). The van der Waals surface area contributed by atoms with Crippen molar-refractivity contribution in [1.82, 2.24) is 15.3 Å². The van der Waals surface area contributed by atoms with Gasteiger partial charge in [-0.3, -0.25) is 4.98 Å². The fourth-order valence-electron chi connectivity index (χ4n) is 1.17. The molecule has 0 aromatic carbocycles. The van der Waals surface area contributed by atoms with Crippen molar-refractivity contribution in [3.05, 3.63) is 18.1 Å². The highest BCUT2D eigenvalue weighted by Gasteiger charge is 2.07. The monoisotopic (exact) mass is 208 g/mol. The molecule has 4 heteroatoms. The third kappa shape index (κ3) is 3.47. The van der Waals surface area contributed by atoms with Crippen LogP contribution in [-0.4, -0.2) is 29.6 Å². The zero-order chi connectivity index (χ0) is 11.3. The molecule has 0 aliphatic carbocycles. The van der Waals surface area contributed by atoms with Gasteiger partial charge in [-0.1, -0.05) is 6.92 Å². The minimum absolute atomic E-state index is 0.439. The number of hydrogen-bond donors (Lipinski definition) is 1. The van der Waals surface area contributed by atoms with Crippen LogP contribution in [0.1, 0.15) is 26.5 Å². The quantitative estimate of drug-likeness (QED) is 0.794. The topological polar surface area (TPSA) is 41.1 Å². The summed E-state index contributed by atoms with van der Waals surface area (Å²) in [4.78, 5) is 10.8. The molecule has 1 heterocycles. The summed E-state index contributed by atoms with van der Waals surface area (Å²) in [6, 6.07) is 0.439. The number of hydrogen-bond acceptors (Lipinski definition) is 4. The maximum Gasteiger partial charge on any atom is 0.147 e.